The molecule has 0 spiro atoms. The van der Waals surface area contributed by atoms with Crippen molar-refractivity contribution in [2.45, 2.75) is 0 Å². The molecule has 7 aromatic carbocycles. The lowest BCUT2D eigenvalue weighted by Gasteiger charge is -2.11. The highest BCUT2D eigenvalue weighted by Gasteiger charge is 2.18. The van der Waals surface area contributed by atoms with Crippen LogP contribution in [0.1, 0.15) is 0 Å². The average molecular weight is 669 g/mol. The Kier molecular flexibility index (Phi) is 6.96. The zero-order chi connectivity index (χ0) is 33.7. The van der Waals surface area contributed by atoms with Gasteiger partial charge >= 0.3 is 0 Å². The monoisotopic (exact) mass is 668 g/mol. The number of benzene rings is 7. The minimum atomic E-state index is 0.626. The van der Waals surface area contributed by atoms with Crippen LogP contribution in [0, 0.1) is 0 Å². The number of rotatable bonds is 5. The molecule has 3 heterocycles. The van der Waals surface area contributed by atoms with Gasteiger partial charge in [0.2, 0.25) is 0 Å². The van der Waals surface area contributed by atoms with E-state index >= 15 is 0 Å². The first-order chi connectivity index (χ1) is 25.2. The number of nitrogens with zero attached hydrogens (tertiary/aromatic N) is 4. The molecule has 0 N–H and O–H groups in total. The largest absolute Gasteiger partial charge is 0.247 e. The normalized spacial score (nSPS) is 11.5. The molecule has 0 amide bonds. The smallest absolute Gasteiger partial charge is 0.164 e. The van der Waals surface area contributed by atoms with Gasteiger partial charge in [0.05, 0.1) is 11.2 Å². The van der Waals surface area contributed by atoms with Gasteiger partial charge in [0.25, 0.3) is 0 Å². The fourth-order valence-corrected chi connectivity index (χ4v) is 8.16. The topological polar surface area (TPSA) is 51.6 Å². The quantitative estimate of drug-likeness (QED) is 0.171. The van der Waals surface area contributed by atoms with E-state index in [1.807, 2.05) is 47.7 Å². The molecule has 0 bridgehead atoms. The van der Waals surface area contributed by atoms with E-state index in [4.69, 9.17) is 19.9 Å². The highest BCUT2D eigenvalue weighted by Crippen LogP contribution is 2.43. The fraction of sp³-hybridized carbons (Fsp3) is 0. The van der Waals surface area contributed by atoms with E-state index in [0.717, 1.165) is 39.0 Å². The van der Waals surface area contributed by atoms with Crippen LogP contribution in [0.3, 0.4) is 0 Å². The van der Waals surface area contributed by atoms with Gasteiger partial charge in [-0.1, -0.05) is 152 Å². The summed E-state index contributed by atoms with van der Waals surface area (Å²) in [6.45, 7) is 0. The van der Waals surface area contributed by atoms with Crippen molar-refractivity contribution in [3.63, 3.8) is 0 Å². The Hall–Kier alpha value is -6.56. The highest BCUT2D eigenvalue weighted by molar-refractivity contribution is 7.26. The number of fused-ring (bicyclic) bond motifs is 6. The summed E-state index contributed by atoms with van der Waals surface area (Å²) in [6, 6.07) is 59.1. The van der Waals surface area contributed by atoms with E-state index in [2.05, 4.69) is 133 Å². The molecule has 10 rings (SSSR count). The molecule has 0 fully saturated rings. The fourth-order valence-electron chi connectivity index (χ4n) is 6.93. The minimum absolute atomic E-state index is 0.626. The second-order valence-corrected chi connectivity index (χ2v) is 13.7. The molecule has 10 aromatic rings. The van der Waals surface area contributed by atoms with Gasteiger partial charge in [0, 0.05) is 47.8 Å². The second kappa shape index (κ2) is 12.1. The molecular weight excluding hydrogens is 641 g/mol. The third-order valence-corrected chi connectivity index (χ3v) is 10.7. The number of hydrogen-bond donors (Lipinski definition) is 0. The summed E-state index contributed by atoms with van der Waals surface area (Å²) in [7, 11) is 0. The zero-order valence-corrected chi connectivity index (χ0v) is 28.2. The Balaban J connectivity index is 1.10. The summed E-state index contributed by atoms with van der Waals surface area (Å²) in [5, 5.41) is 6.02. The summed E-state index contributed by atoms with van der Waals surface area (Å²) in [4.78, 5) is 20.3. The van der Waals surface area contributed by atoms with Crippen LogP contribution in [0.4, 0.5) is 0 Å². The Morgan fingerprint density at radius 3 is 1.47 bits per heavy atom. The third-order valence-electron chi connectivity index (χ3n) is 9.51. The summed E-state index contributed by atoms with van der Waals surface area (Å²) in [5.74, 6) is 1.90. The minimum Gasteiger partial charge on any atom is -0.247 e. The lowest BCUT2D eigenvalue weighted by molar-refractivity contribution is 1.07. The Morgan fingerprint density at radius 2 is 0.824 bits per heavy atom. The number of hydrogen-bond acceptors (Lipinski definition) is 5. The number of aromatic nitrogens is 4. The van der Waals surface area contributed by atoms with Crippen LogP contribution < -0.4 is 0 Å². The molecule has 238 valence electrons. The maximum absolute atomic E-state index is 5.35. The van der Waals surface area contributed by atoms with E-state index < -0.39 is 0 Å². The van der Waals surface area contributed by atoms with Crippen molar-refractivity contribution in [1.82, 2.24) is 19.9 Å². The first-order valence-corrected chi connectivity index (χ1v) is 17.8. The van der Waals surface area contributed by atoms with Crippen molar-refractivity contribution in [2.75, 3.05) is 0 Å². The van der Waals surface area contributed by atoms with Gasteiger partial charge in [-0.2, -0.15) is 0 Å². The van der Waals surface area contributed by atoms with E-state index in [9.17, 15) is 0 Å². The molecule has 0 unspecified atom stereocenters. The van der Waals surface area contributed by atoms with E-state index in [-0.39, 0.29) is 0 Å². The summed E-state index contributed by atoms with van der Waals surface area (Å²) in [5.41, 5.74) is 8.15. The molecule has 0 radical (unpaired) electrons. The van der Waals surface area contributed by atoms with Gasteiger partial charge in [-0.25, -0.2) is 19.9 Å². The summed E-state index contributed by atoms with van der Waals surface area (Å²) >= 11 is 1.84. The van der Waals surface area contributed by atoms with Crippen molar-refractivity contribution in [2.24, 2.45) is 0 Å². The Morgan fingerprint density at radius 1 is 0.353 bits per heavy atom. The van der Waals surface area contributed by atoms with Crippen molar-refractivity contribution in [3.05, 3.63) is 170 Å². The maximum Gasteiger partial charge on any atom is 0.164 e. The molecule has 0 aliphatic heterocycles. The van der Waals surface area contributed by atoms with Crippen molar-refractivity contribution in [1.29, 1.82) is 0 Å². The van der Waals surface area contributed by atoms with Crippen LogP contribution in [-0.4, -0.2) is 19.9 Å². The molecule has 5 heteroatoms. The van der Waals surface area contributed by atoms with Crippen LogP contribution in [0.15, 0.2) is 170 Å². The Labute approximate surface area is 298 Å². The lowest BCUT2D eigenvalue weighted by atomic mass is 10.00. The van der Waals surface area contributed by atoms with E-state index in [0.29, 0.717) is 17.5 Å². The van der Waals surface area contributed by atoms with Crippen molar-refractivity contribution < 1.29 is 0 Å². The van der Waals surface area contributed by atoms with E-state index in [1.54, 1.807) is 0 Å². The lowest BCUT2D eigenvalue weighted by Crippen LogP contribution is -2.00. The first-order valence-electron chi connectivity index (χ1n) is 17.0. The molecule has 0 aliphatic rings. The predicted octanol–water partition coefficient (Wildman–Crippen LogP) is 12.3. The van der Waals surface area contributed by atoms with Crippen molar-refractivity contribution >= 4 is 53.2 Å². The van der Waals surface area contributed by atoms with Crippen LogP contribution in [-0.2, 0) is 0 Å². The van der Waals surface area contributed by atoms with Gasteiger partial charge in [0.1, 0.15) is 0 Å². The Bertz CT molecular complexity index is 2880. The highest BCUT2D eigenvalue weighted by atomic mass is 32.1. The zero-order valence-electron chi connectivity index (χ0n) is 27.4. The summed E-state index contributed by atoms with van der Waals surface area (Å²) < 4.78 is 2.52. The molecule has 0 aliphatic carbocycles. The van der Waals surface area contributed by atoms with Crippen LogP contribution in [0.25, 0.3) is 98.4 Å². The number of pyridine rings is 1. The van der Waals surface area contributed by atoms with Gasteiger partial charge in [-0.3, -0.25) is 0 Å². The average Bonchev–Trinajstić information content (AvgIpc) is 3.61. The molecule has 0 saturated carbocycles. The van der Waals surface area contributed by atoms with Gasteiger partial charge < -0.3 is 0 Å². The SMILES string of the molecule is c1ccc(-c2ccc(-c3nc(-c4ccccc4)nc(-c4ccc(-c5nc6cc7ccccc7cc6c6sc7ccccc7c56)cc4)n3)cc2)cc1. The van der Waals surface area contributed by atoms with Crippen LogP contribution in [0.5, 0.6) is 0 Å². The summed E-state index contributed by atoms with van der Waals surface area (Å²) in [6.07, 6.45) is 0. The van der Waals surface area contributed by atoms with Crippen molar-refractivity contribution in [3.8, 4) is 56.5 Å². The predicted molar refractivity (Wildman–Crippen MR) is 213 cm³/mol. The second-order valence-electron chi connectivity index (χ2n) is 12.7. The molecule has 3 aromatic heterocycles. The van der Waals surface area contributed by atoms with Gasteiger partial charge in [0.15, 0.2) is 17.5 Å². The maximum atomic E-state index is 5.35. The standard InChI is InChI=1S/C46H28N4S/c1-3-11-29(12-4-1)30-19-23-33(24-20-30)45-48-44(32-13-5-2-6-14-32)49-46(50-45)34-25-21-31(22-26-34)42-41-37-17-9-10-18-40(37)51-43(41)38-27-35-15-7-8-16-36(35)28-39(38)47-42/h1-28H. The van der Waals surface area contributed by atoms with E-state index in [1.165, 1.54) is 41.9 Å². The van der Waals surface area contributed by atoms with Crippen LogP contribution >= 0.6 is 11.3 Å². The number of thiophene rings is 1. The molecule has 4 nitrogen and oxygen atoms in total. The molecule has 51 heavy (non-hydrogen) atoms. The molecule has 0 saturated heterocycles. The van der Waals surface area contributed by atoms with Crippen LogP contribution in [0.2, 0.25) is 0 Å². The molecule has 0 atom stereocenters. The van der Waals surface area contributed by atoms with Gasteiger partial charge in [-0.05, 0) is 40.1 Å². The molecular formula is C46H28N4S. The third kappa shape index (κ3) is 5.23. The first kappa shape index (κ1) is 29.4. The van der Waals surface area contributed by atoms with Gasteiger partial charge in [-0.15, -0.1) is 11.3 Å².